The fourth-order valence-corrected chi connectivity index (χ4v) is 7.76. The molecule has 0 aromatic rings. The molecule has 0 aliphatic rings. The van der Waals surface area contributed by atoms with Crippen LogP contribution in [0.2, 0.25) is 0 Å². The first-order valence-corrected chi connectivity index (χ1v) is 28.9. The van der Waals surface area contributed by atoms with Gasteiger partial charge in [0.05, 0.1) is 0 Å². The highest BCUT2D eigenvalue weighted by atomic mass is 16.6. The Morgan fingerprint density at radius 3 is 0.914 bits per heavy atom. The molecule has 6 nitrogen and oxygen atoms in total. The van der Waals surface area contributed by atoms with Crippen molar-refractivity contribution in [3.63, 3.8) is 0 Å². The fraction of sp³-hybridized carbons (Fsp3) is 0.672. The van der Waals surface area contributed by atoms with Crippen molar-refractivity contribution in [3.8, 4) is 0 Å². The van der Waals surface area contributed by atoms with E-state index in [1.807, 2.05) is 0 Å². The van der Waals surface area contributed by atoms with Gasteiger partial charge in [-0.25, -0.2) is 0 Å². The number of hydrogen-bond donors (Lipinski definition) is 0. The Morgan fingerprint density at radius 1 is 0.300 bits per heavy atom. The maximum atomic E-state index is 12.8. The maximum absolute atomic E-state index is 12.8. The number of unbranched alkanes of at least 4 members (excludes halogenated alkanes) is 22. The van der Waals surface area contributed by atoms with Gasteiger partial charge in [-0.05, 0) is 96.3 Å². The predicted molar refractivity (Wildman–Crippen MR) is 302 cm³/mol. The van der Waals surface area contributed by atoms with Gasteiger partial charge in [0.15, 0.2) is 6.10 Å². The average molecular weight is 972 g/mol. The number of carbonyl (C=O) groups is 3. The molecule has 1 unspecified atom stereocenters. The number of rotatable bonds is 51. The first-order valence-electron chi connectivity index (χ1n) is 28.9. The molecule has 0 fully saturated rings. The third-order valence-corrected chi connectivity index (χ3v) is 12.0. The van der Waals surface area contributed by atoms with Crippen LogP contribution in [0.3, 0.4) is 0 Å². The molecule has 0 N–H and O–H groups in total. The summed E-state index contributed by atoms with van der Waals surface area (Å²) in [6, 6.07) is 0. The fourth-order valence-electron chi connectivity index (χ4n) is 7.76. The molecule has 0 aromatic heterocycles. The van der Waals surface area contributed by atoms with E-state index < -0.39 is 6.10 Å². The summed E-state index contributed by atoms with van der Waals surface area (Å²) >= 11 is 0. The van der Waals surface area contributed by atoms with Crippen molar-refractivity contribution in [3.05, 3.63) is 109 Å². The van der Waals surface area contributed by atoms with Crippen LogP contribution >= 0.6 is 0 Å². The zero-order valence-corrected chi connectivity index (χ0v) is 45.5. The third-order valence-electron chi connectivity index (χ3n) is 12.0. The van der Waals surface area contributed by atoms with Gasteiger partial charge in [-0.3, -0.25) is 14.4 Å². The molecular formula is C64H106O6. The molecule has 0 heterocycles. The van der Waals surface area contributed by atoms with E-state index in [9.17, 15) is 14.4 Å². The van der Waals surface area contributed by atoms with Crippen LogP contribution in [-0.4, -0.2) is 37.2 Å². The normalized spacial score (nSPS) is 12.9. The lowest BCUT2D eigenvalue weighted by molar-refractivity contribution is -0.167. The van der Waals surface area contributed by atoms with Crippen LogP contribution in [0.1, 0.15) is 258 Å². The van der Waals surface area contributed by atoms with Crippen molar-refractivity contribution in [1.29, 1.82) is 0 Å². The molecule has 398 valence electrons. The second-order valence-electron chi connectivity index (χ2n) is 18.8. The molecule has 6 heteroatoms. The van der Waals surface area contributed by atoms with Crippen molar-refractivity contribution in [2.24, 2.45) is 0 Å². The maximum Gasteiger partial charge on any atom is 0.306 e. The van der Waals surface area contributed by atoms with E-state index in [1.54, 1.807) is 0 Å². The van der Waals surface area contributed by atoms with E-state index in [0.29, 0.717) is 19.3 Å². The smallest absolute Gasteiger partial charge is 0.306 e. The Bertz CT molecular complexity index is 1440. The van der Waals surface area contributed by atoms with Gasteiger partial charge in [0, 0.05) is 19.3 Å². The van der Waals surface area contributed by atoms with E-state index in [2.05, 4.69) is 130 Å². The molecule has 0 rings (SSSR count). The molecule has 0 spiro atoms. The minimum Gasteiger partial charge on any atom is -0.462 e. The van der Waals surface area contributed by atoms with Crippen LogP contribution in [0.5, 0.6) is 0 Å². The van der Waals surface area contributed by atoms with E-state index >= 15 is 0 Å². The summed E-state index contributed by atoms with van der Waals surface area (Å²) in [6.45, 7) is 6.34. The Morgan fingerprint density at radius 2 is 0.571 bits per heavy atom. The van der Waals surface area contributed by atoms with Crippen LogP contribution in [0, 0.1) is 0 Å². The van der Waals surface area contributed by atoms with Gasteiger partial charge in [-0.15, -0.1) is 0 Å². The summed E-state index contributed by atoms with van der Waals surface area (Å²) in [5.74, 6) is -0.963. The minimum atomic E-state index is -0.806. The van der Waals surface area contributed by atoms with Crippen molar-refractivity contribution in [1.82, 2.24) is 0 Å². The first-order chi connectivity index (χ1) is 34.5. The van der Waals surface area contributed by atoms with Crippen LogP contribution in [0.25, 0.3) is 0 Å². The molecule has 1 atom stereocenters. The third kappa shape index (κ3) is 55.0. The standard InChI is InChI=1S/C64H106O6/c1-4-7-10-13-16-19-21-23-25-27-28-29-30-31-32-33-34-35-36-38-39-41-43-45-48-51-54-57-63(66)69-60-61(59-68-62(65)56-53-50-47-18-15-12-9-6-3)70-64(67)58-55-52-49-46-44-42-40-37-26-24-22-20-17-14-11-8-5-2/h7-8,10-11,16-17,19-20,23-26,28-29,40,42,46,49,61H,4-6,9,12-15,18,21-22,27,30-39,41,43-45,47-48,50-60H2,1-3H3/b10-7-,11-8-,19-16-,20-17-,25-23-,26-24-,29-28-,42-40-,49-46-. The van der Waals surface area contributed by atoms with Crippen molar-refractivity contribution in [2.75, 3.05) is 13.2 Å². The van der Waals surface area contributed by atoms with Gasteiger partial charge < -0.3 is 14.2 Å². The zero-order chi connectivity index (χ0) is 50.7. The average Bonchev–Trinajstić information content (AvgIpc) is 3.36. The summed E-state index contributed by atoms with van der Waals surface area (Å²) in [5, 5.41) is 0. The highest BCUT2D eigenvalue weighted by Gasteiger charge is 2.19. The molecule has 0 bridgehead atoms. The van der Waals surface area contributed by atoms with Crippen LogP contribution in [0.4, 0.5) is 0 Å². The molecule has 0 saturated carbocycles. The zero-order valence-electron chi connectivity index (χ0n) is 45.5. The number of esters is 3. The summed E-state index contributed by atoms with van der Waals surface area (Å²) < 4.78 is 16.7. The molecular weight excluding hydrogens is 865 g/mol. The quantitative estimate of drug-likeness (QED) is 0.0262. The summed E-state index contributed by atoms with van der Waals surface area (Å²) in [7, 11) is 0. The van der Waals surface area contributed by atoms with Crippen LogP contribution < -0.4 is 0 Å². The van der Waals surface area contributed by atoms with Crippen LogP contribution in [-0.2, 0) is 28.6 Å². The predicted octanol–water partition coefficient (Wildman–Crippen LogP) is 19.5. The molecule has 70 heavy (non-hydrogen) atoms. The van der Waals surface area contributed by atoms with Gasteiger partial charge >= 0.3 is 17.9 Å². The van der Waals surface area contributed by atoms with E-state index in [4.69, 9.17) is 14.2 Å². The molecule has 0 amide bonds. The Hall–Kier alpha value is -3.93. The van der Waals surface area contributed by atoms with Crippen molar-refractivity contribution < 1.29 is 28.6 Å². The van der Waals surface area contributed by atoms with Crippen molar-refractivity contribution >= 4 is 17.9 Å². The van der Waals surface area contributed by atoms with Gasteiger partial charge in [0.1, 0.15) is 13.2 Å². The Labute approximate surface area is 431 Å². The number of carbonyl (C=O) groups excluding carboxylic acids is 3. The van der Waals surface area contributed by atoms with Gasteiger partial charge in [-0.2, -0.15) is 0 Å². The largest absolute Gasteiger partial charge is 0.462 e. The number of hydrogen-bond acceptors (Lipinski definition) is 6. The van der Waals surface area contributed by atoms with Crippen molar-refractivity contribution in [2.45, 2.75) is 264 Å². The minimum absolute atomic E-state index is 0.0998. The van der Waals surface area contributed by atoms with Gasteiger partial charge in [0.2, 0.25) is 0 Å². The van der Waals surface area contributed by atoms with E-state index in [1.165, 1.54) is 109 Å². The topological polar surface area (TPSA) is 78.9 Å². The number of ether oxygens (including phenoxy) is 3. The van der Waals surface area contributed by atoms with Gasteiger partial charge in [0.25, 0.3) is 0 Å². The first kappa shape index (κ1) is 66.1. The van der Waals surface area contributed by atoms with E-state index in [-0.39, 0.29) is 37.5 Å². The second-order valence-corrected chi connectivity index (χ2v) is 18.8. The highest BCUT2D eigenvalue weighted by Crippen LogP contribution is 2.15. The lowest BCUT2D eigenvalue weighted by atomic mass is 10.0. The highest BCUT2D eigenvalue weighted by molar-refractivity contribution is 5.71. The van der Waals surface area contributed by atoms with Crippen LogP contribution in [0.15, 0.2) is 109 Å². The van der Waals surface area contributed by atoms with E-state index in [0.717, 1.165) is 103 Å². The Kier molecular flexibility index (Phi) is 54.4. The second kappa shape index (κ2) is 57.6. The monoisotopic (exact) mass is 971 g/mol. The Balaban J connectivity index is 4.23. The lowest BCUT2D eigenvalue weighted by Gasteiger charge is -2.18. The summed E-state index contributed by atoms with van der Waals surface area (Å²) in [4.78, 5) is 38.0. The van der Waals surface area contributed by atoms with Gasteiger partial charge in [-0.1, -0.05) is 252 Å². The molecule has 0 aromatic carbocycles. The summed E-state index contributed by atoms with van der Waals surface area (Å²) in [6.07, 6.45) is 78.2. The molecule has 0 radical (unpaired) electrons. The lowest BCUT2D eigenvalue weighted by Crippen LogP contribution is -2.30. The molecule has 0 saturated heterocycles. The number of allylic oxidation sites excluding steroid dienone is 18. The summed E-state index contributed by atoms with van der Waals surface area (Å²) in [5.41, 5.74) is 0. The SMILES string of the molecule is CC/C=C\C/C=C\C/C=C\C/C=C\C/C=C\CCCC(=O)OC(COC(=O)CCCCCCCCCC)COC(=O)CCCCCCCCCCCCCCCC/C=C\C/C=C\C/C=C\C/C=C\CC. The molecule has 0 aliphatic carbocycles. The molecule has 0 aliphatic heterocycles.